The van der Waals surface area contributed by atoms with Gasteiger partial charge in [-0.05, 0) is 94.5 Å². The number of pyridine rings is 1. The minimum Gasteiger partial charge on any atom is -0.497 e. The predicted molar refractivity (Wildman–Crippen MR) is 180 cm³/mol. The second-order valence-electron chi connectivity index (χ2n) is 13.4. The first-order valence-corrected chi connectivity index (χ1v) is 17.9. The Balaban J connectivity index is 1.25. The van der Waals surface area contributed by atoms with Crippen molar-refractivity contribution in [3.05, 3.63) is 77.5 Å². The summed E-state index contributed by atoms with van der Waals surface area (Å²) in [5, 5.41) is 12.9. The molecule has 4 aliphatic heterocycles. The maximum absolute atomic E-state index is 15.0. The summed E-state index contributed by atoms with van der Waals surface area (Å²) >= 11 is 0. The number of methoxy groups -OCH3 is 1. The molecule has 1 N–H and O–H groups in total. The van der Waals surface area contributed by atoms with Crippen molar-refractivity contribution in [1.29, 1.82) is 5.26 Å². The molecule has 0 bridgehead atoms. The summed E-state index contributed by atoms with van der Waals surface area (Å²) in [6.07, 6.45) is 3.76. The van der Waals surface area contributed by atoms with Crippen molar-refractivity contribution in [1.82, 2.24) is 25.0 Å². The van der Waals surface area contributed by atoms with Crippen LogP contribution in [-0.4, -0.2) is 106 Å². The summed E-state index contributed by atoms with van der Waals surface area (Å²) in [6, 6.07) is 15.3. The Morgan fingerprint density at radius 1 is 1.06 bits per heavy atom. The van der Waals surface area contributed by atoms with Crippen molar-refractivity contribution >= 4 is 27.6 Å². The lowest BCUT2D eigenvalue weighted by molar-refractivity contribution is -0.124. The average molecular weight is 686 g/mol. The fourth-order valence-electron chi connectivity index (χ4n) is 7.71. The van der Waals surface area contributed by atoms with E-state index >= 15 is 0 Å². The van der Waals surface area contributed by atoms with Gasteiger partial charge in [-0.1, -0.05) is 0 Å². The van der Waals surface area contributed by atoms with Gasteiger partial charge in [0.2, 0.25) is 5.88 Å². The van der Waals surface area contributed by atoms with E-state index in [-0.39, 0.29) is 45.2 Å². The van der Waals surface area contributed by atoms with Crippen LogP contribution in [0, 0.1) is 16.7 Å². The molecule has 1 spiro atoms. The third-order valence-electron chi connectivity index (χ3n) is 10.2. The van der Waals surface area contributed by atoms with E-state index in [4.69, 9.17) is 9.47 Å². The molecular formula is C35H39N7O6S. The fraction of sp³-hybridized carbons (Fsp3) is 0.429. The van der Waals surface area contributed by atoms with E-state index in [0.29, 0.717) is 29.2 Å². The van der Waals surface area contributed by atoms with Gasteiger partial charge in [-0.3, -0.25) is 9.69 Å². The molecule has 3 aromatic rings. The van der Waals surface area contributed by atoms with Crippen molar-refractivity contribution in [2.75, 3.05) is 64.3 Å². The number of rotatable bonds is 8. The molecule has 1 aromatic heterocycles. The molecule has 14 heteroatoms. The first-order valence-electron chi connectivity index (χ1n) is 16.4. The molecule has 49 heavy (non-hydrogen) atoms. The third kappa shape index (κ3) is 5.36. The molecule has 3 fully saturated rings. The summed E-state index contributed by atoms with van der Waals surface area (Å²) in [6.45, 7) is 6.96. The number of anilines is 1. The lowest BCUT2D eigenvalue weighted by Gasteiger charge is -2.62. The number of carbonyl (C=O) groups is 2. The van der Waals surface area contributed by atoms with Crippen LogP contribution in [0.4, 0.5) is 10.5 Å². The lowest BCUT2D eigenvalue weighted by Crippen LogP contribution is -2.76. The molecule has 13 nitrogen and oxygen atoms in total. The number of hydrogen-bond acceptors (Lipinski definition) is 10. The SMILES string of the molecule is CCOc1ncccc1C1(NC(=O)N2CC3(C2)CN(C2CCN(C)CC2)C3)C(=O)N(S(=O)(=O)c2ccc(OC)cc2)c2ccc(C#N)cc21. The van der Waals surface area contributed by atoms with Gasteiger partial charge in [0.15, 0.2) is 5.54 Å². The number of nitrogens with zero attached hydrogens (tertiary/aromatic N) is 6. The second-order valence-corrected chi connectivity index (χ2v) is 15.1. The summed E-state index contributed by atoms with van der Waals surface area (Å²) < 4.78 is 40.4. The smallest absolute Gasteiger partial charge is 0.318 e. The van der Waals surface area contributed by atoms with Gasteiger partial charge in [0.05, 0.1) is 41.5 Å². The quantitative estimate of drug-likeness (QED) is 0.375. The zero-order chi connectivity index (χ0) is 34.6. The lowest BCUT2D eigenvalue weighted by atomic mass is 9.71. The van der Waals surface area contributed by atoms with Crippen molar-refractivity contribution in [2.45, 2.75) is 36.2 Å². The normalized spacial score (nSPS) is 22.2. The molecule has 5 heterocycles. The van der Waals surface area contributed by atoms with E-state index in [1.165, 1.54) is 55.8 Å². The van der Waals surface area contributed by atoms with Crippen LogP contribution >= 0.6 is 0 Å². The summed E-state index contributed by atoms with van der Waals surface area (Å²) in [4.78, 5) is 39.9. The number of piperidine rings is 1. The number of benzene rings is 2. The van der Waals surface area contributed by atoms with Crippen molar-refractivity contribution in [3.8, 4) is 17.7 Å². The van der Waals surface area contributed by atoms with Crippen molar-refractivity contribution in [3.63, 3.8) is 0 Å². The minimum absolute atomic E-state index is 0.00600. The monoisotopic (exact) mass is 685 g/mol. The number of fused-ring (bicyclic) bond motifs is 1. The van der Waals surface area contributed by atoms with E-state index in [1.807, 2.05) is 0 Å². The Kier molecular flexibility index (Phi) is 8.25. The number of aromatic nitrogens is 1. The zero-order valence-corrected chi connectivity index (χ0v) is 28.6. The molecule has 1 unspecified atom stereocenters. The van der Waals surface area contributed by atoms with Crippen LogP contribution in [-0.2, 0) is 20.4 Å². The largest absolute Gasteiger partial charge is 0.497 e. The van der Waals surface area contributed by atoms with Crippen LogP contribution in [0.3, 0.4) is 0 Å². The van der Waals surface area contributed by atoms with E-state index in [1.54, 1.807) is 24.0 Å². The maximum atomic E-state index is 15.0. The number of nitrogens with one attached hydrogen (secondary N) is 1. The van der Waals surface area contributed by atoms with Gasteiger partial charge in [-0.2, -0.15) is 9.57 Å². The standard InChI is InChI=1S/C35H39N7O6S/c1-4-48-31-28(6-5-15-37-31)35(38-33(44)41-22-34(23-41)20-40(21-34)25-13-16-39(2)17-14-25)29-18-24(19-36)7-12-30(29)42(32(35)43)49(45,46)27-10-8-26(47-3)9-11-27/h5-12,15,18,25H,4,13-14,16-17,20-23H2,1-3H3,(H,38,44). The molecule has 0 saturated carbocycles. The van der Waals surface area contributed by atoms with Crippen LogP contribution in [0.25, 0.3) is 0 Å². The van der Waals surface area contributed by atoms with Gasteiger partial charge in [-0.25, -0.2) is 18.2 Å². The van der Waals surface area contributed by atoms with Crippen LogP contribution in [0.15, 0.2) is 65.7 Å². The van der Waals surface area contributed by atoms with E-state index in [9.17, 15) is 23.3 Å². The van der Waals surface area contributed by atoms with Gasteiger partial charge in [0.1, 0.15) is 5.75 Å². The number of amides is 3. The maximum Gasteiger partial charge on any atom is 0.318 e. The van der Waals surface area contributed by atoms with E-state index < -0.39 is 27.5 Å². The number of sulfonamides is 1. The van der Waals surface area contributed by atoms with Crippen molar-refractivity contribution < 1.29 is 27.5 Å². The molecule has 0 radical (unpaired) electrons. The molecule has 4 aliphatic rings. The van der Waals surface area contributed by atoms with E-state index in [2.05, 4.69) is 33.2 Å². The number of urea groups is 1. The second kappa shape index (κ2) is 12.3. The van der Waals surface area contributed by atoms with Gasteiger partial charge < -0.3 is 24.6 Å². The summed E-state index contributed by atoms with van der Waals surface area (Å²) in [5.41, 5.74) is -1.61. The molecular weight excluding hydrogens is 646 g/mol. The Morgan fingerprint density at radius 3 is 2.43 bits per heavy atom. The molecule has 2 aromatic carbocycles. The number of carbonyl (C=O) groups excluding carboxylic acids is 2. The molecule has 0 aliphatic carbocycles. The molecule has 256 valence electrons. The Labute approximate surface area is 286 Å². The average Bonchev–Trinajstić information content (AvgIpc) is 3.32. The number of ether oxygens (including phenoxy) is 2. The molecule has 7 rings (SSSR count). The minimum atomic E-state index is -4.52. The van der Waals surface area contributed by atoms with Crippen LogP contribution in [0.1, 0.15) is 36.5 Å². The Morgan fingerprint density at radius 2 is 1.78 bits per heavy atom. The number of hydrogen-bond donors (Lipinski definition) is 1. The number of nitriles is 1. The Bertz CT molecular complexity index is 1930. The highest BCUT2D eigenvalue weighted by Crippen LogP contribution is 2.50. The van der Waals surface area contributed by atoms with Gasteiger partial charge >= 0.3 is 6.03 Å². The van der Waals surface area contributed by atoms with Crippen LogP contribution < -0.4 is 19.1 Å². The molecule has 1 atom stereocenters. The molecule has 3 amide bonds. The summed E-state index contributed by atoms with van der Waals surface area (Å²) in [5.74, 6) is -0.441. The molecule has 3 saturated heterocycles. The first-order chi connectivity index (χ1) is 23.5. The third-order valence-corrected chi connectivity index (χ3v) is 11.9. The highest BCUT2D eigenvalue weighted by Gasteiger charge is 2.61. The van der Waals surface area contributed by atoms with Gasteiger partial charge in [-0.15, -0.1) is 0 Å². The highest BCUT2D eigenvalue weighted by molar-refractivity contribution is 7.93. The zero-order valence-electron chi connectivity index (χ0n) is 27.8. The number of likely N-dealkylation sites (tertiary alicyclic amines) is 3. The van der Waals surface area contributed by atoms with Crippen LogP contribution in [0.2, 0.25) is 0 Å². The summed E-state index contributed by atoms with van der Waals surface area (Å²) in [7, 11) is -0.908. The highest BCUT2D eigenvalue weighted by atomic mass is 32.2. The Hall–Kier alpha value is -4.71. The topological polar surface area (TPSA) is 148 Å². The fourth-order valence-corrected chi connectivity index (χ4v) is 9.17. The van der Waals surface area contributed by atoms with E-state index in [0.717, 1.165) is 39.0 Å². The van der Waals surface area contributed by atoms with Gasteiger partial charge in [0.25, 0.3) is 15.9 Å². The first kappa shape index (κ1) is 32.8. The van der Waals surface area contributed by atoms with Crippen molar-refractivity contribution in [2.24, 2.45) is 5.41 Å². The predicted octanol–water partition coefficient (Wildman–Crippen LogP) is 2.76. The van der Waals surface area contributed by atoms with Gasteiger partial charge in [0, 0.05) is 49.4 Å². The van der Waals surface area contributed by atoms with Crippen LogP contribution in [0.5, 0.6) is 11.6 Å².